The summed E-state index contributed by atoms with van der Waals surface area (Å²) in [6, 6.07) is 3.83. The van der Waals surface area contributed by atoms with Crippen molar-refractivity contribution < 1.29 is 23.5 Å². The van der Waals surface area contributed by atoms with Gasteiger partial charge in [0, 0.05) is 26.2 Å². The van der Waals surface area contributed by atoms with Crippen molar-refractivity contribution in [3.8, 4) is 5.75 Å². The highest BCUT2D eigenvalue weighted by Crippen LogP contribution is 2.21. The van der Waals surface area contributed by atoms with Crippen molar-refractivity contribution in [3.05, 3.63) is 29.6 Å². The molecule has 6 nitrogen and oxygen atoms in total. The third kappa shape index (κ3) is 3.24. The van der Waals surface area contributed by atoms with Crippen molar-refractivity contribution in [3.63, 3.8) is 0 Å². The fourth-order valence-corrected chi connectivity index (χ4v) is 2.24. The minimum atomic E-state index is -0.493. The van der Waals surface area contributed by atoms with Crippen LogP contribution in [0.25, 0.3) is 0 Å². The first-order valence-corrected chi connectivity index (χ1v) is 6.52. The van der Waals surface area contributed by atoms with E-state index in [1.54, 1.807) is 4.90 Å². The van der Waals surface area contributed by atoms with Gasteiger partial charge in [0.15, 0.2) is 0 Å². The van der Waals surface area contributed by atoms with Crippen LogP contribution in [-0.4, -0.2) is 62.2 Å². The number of nitrogens with zero attached hydrogens (tertiary/aromatic N) is 2. The first-order valence-electron chi connectivity index (χ1n) is 6.52. The van der Waals surface area contributed by atoms with Crippen LogP contribution in [-0.2, 0) is 4.74 Å². The van der Waals surface area contributed by atoms with Crippen LogP contribution < -0.4 is 4.74 Å². The highest BCUT2D eigenvalue weighted by molar-refractivity contribution is 5.97. The minimum absolute atomic E-state index is 0.184. The summed E-state index contributed by atoms with van der Waals surface area (Å²) in [7, 11) is 2.75. The Kier molecular flexibility index (Phi) is 4.62. The second-order valence-electron chi connectivity index (χ2n) is 4.59. The number of amides is 2. The van der Waals surface area contributed by atoms with Crippen LogP contribution in [0.3, 0.4) is 0 Å². The molecule has 0 atom stereocenters. The molecule has 2 rings (SSSR count). The van der Waals surface area contributed by atoms with Gasteiger partial charge in [-0.3, -0.25) is 4.79 Å². The highest BCUT2D eigenvalue weighted by Gasteiger charge is 2.26. The fourth-order valence-electron chi connectivity index (χ4n) is 2.24. The van der Waals surface area contributed by atoms with Gasteiger partial charge in [-0.2, -0.15) is 0 Å². The number of carbonyl (C=O) groups excluding carboxylic acids is 2. The zero-order valence-electron chi connectivity index (χ0n) is 12.0. The molecule has 0 N–H and O–H groups in total. The van der Waals surface area contributed by atoms with E-state index in [2.05, 4.69) is 4.74 Å². The number of halogens is 1. The SMILES string of the molecule is COC(=O)N1CCN(C(=O)c2cc(F)ccc2OC)CC1. The first-order chi connectivity index (χ1) is 10.1. The number of hydrogen-bond acceptors (Lipinski definition) is 4. The Hall–Kier alpha value is -2.31. The lowest BCUT2D eigenvalue weighted by atomic mass is 10.1. The Balaban J connectivity index is 2.09. The normalized spacial score (nSPS) is 14.8. The molecular weight excluding hydrogens is 279 g/mol. The van der Waals surface area contributed by atoms with Crippen LogP contribution in [0.15, 0.2) is 18.2 Å². The molecule has 1 fully saturated rings. The molecule has 0 saturated carbocycles. The van der Waals surface area contributed by atoms with Crippen LogP contribution in [0.5, 0.6) is 5.75 Å². The Morgan fingerprint density at radius 2 is 1.71 bits per heavy atom. The first kappa shape index (κ1) is 15.1. The van der Waals surface area contributed by atoms with E-state index in [1.165, 1.54) is 31.3 Å². The molecule has 0 aromatic heterocycles. The summed E-state index contributed by atoms with van der Waals surface area (Å²) in [5.41, 5.74) is 0.184. The molecule has 2 amide bonds. The molecule has 7 heteroatoms. The van der Waals surface area contributed by atoms with Crippen molar-refractivity contribution in [2.75, 3.05) is 40.4 Å². The predicted molar refractivity (Wildman–Crippen MR) is 72.8 cm³/mol. The van der Waals surface area contributed by atoms with Crippen molar-refractivity contribution in [2.45, 2.75) is 0 Å². The number of hydrogen-bond donors (Lipinski definition) is 0. The van der Waals surface area contributed by atoms with Gasteiger partial charge in [-0.25, -0.2) is 9.18 Å². The molecule has 1 saturated heterocycles. The number of methoxy groups -OCH3 is 2. The lowest BCUT2D eigenvalue weighted by Crippen LogP contribution is -2.50. The maximum atomic E-state index is 13.3. The topological polar surface area (TPSA) is 59.1 Å². The van der Waals surface area contributed by atoms with Gasteiger partial charge in [-0.1, -0.05) is 0 Å². The third-order valence-corrected chi connectivity index (χ3v) is 3.39. The molecule has 1 aromatic rings. The minimum Gasteiger partial charge on any atom is -0.496 e. The second kappa shape index (κ2) is 6.43. The van der Waals surface area contributed by atoms with Gasteiger partial charge >= 0.3 is 6.09 Å². The monoisotopic (exact) mass is 296 g/mol. The summed E-state index contributed by atoms with van der Waals surface area (Å²) in [5, 5.41) is 0. The Labute approximate surface area is 122 Å². The summed E-state index contributed by atoms with van der Waals surface area (Å²) in [6.07, 6.45) is -0.412. The maximum Gasteiger partial charge on any atom is 0.409 e. The standard InChI is InChI=1S/C14H17FN2O4/c1-20-12-4-3-10(15)9-11(12)13(18)16-5-7-17(8-6-16)14(19)21-2/h3-4,9H,5-8H2,1-2H3. The Morgan fingerprint density at radius 3 is 2.29 bits per heavy atom. The largest absolute Gasteiger partial charge is 0.496 e. The maximum absolute atomic E-state index is 13.3. The van der Waals surface area contributed by atoms with Crippen LogP contribution in [0.4, 0.5) is 9.18 Å². The fraction of sp³-hybridized carbons (Fsp3) is 0.429. The van der Waals surface area contributed by atoms with Gasteiger partial charge in [-0.05, 0) is 18.2 Å². The van der Waals surface area contributed by atoms with Gasteiger partial charge < -0.3 is 19.3 Å². The number of piperazine rings is 1. The van der Waals surface area contributed by atoms with Gasteiger partial charge in [0.25, 0.3) is 5.91 Å². The molecule has 1 heterocycles. The van der Waals surface area contributed by atoms with Gasteiger partial charge in [0.05, 0.1) is 19.8 Å². The molecule has 0 unspecified atom stereocenters. The van der Waals surface area contributed by atoms with Gasteiger partial charge in [-0.15, -0.1) is 0 Å². The lowest BCUT2D eigenvalue weighted by Gasteiger charge is -2.34. The van der Waals surface area contributed by atoms with Crippen LogP contribution in [0.1, 0.15) is 10.4 Å². The van der Waals surface area contributed by atoms with Crippen molar-refractivity contribution >= 4 is 12.0 Å². The number of ether oxygens (including phenoxy) is 2. The molecule has 0 spiro atoms. The highest BCUT2D eigenvalue weighted by atomic mass is 19.1. The molecule has 114 valence electrons. The Bertz CT molecular complexity index is 542. The smallest absolute Gasteiger partial charge is 0.409 e. The van der Waals surface area contributed by atoms with Crippen LogP contribution >= 0.6 is 0 Å². The molecule has 0 aliphatic carbocycles. The molecule has 1 aromatic carbocycles. The molecule has 21 heavy (non-hydrogen) atoms. The Morgan fingerprint density at radius 1 is 1.10 bits per heavy atom. The average molecular weight is 296 g/mol. The third-order valence-electron chi connectivity index (χ3n) is 3.39. The van der Waals surface area contributed by atoms with E-state index in [0.29, 0.717) is 31.9 Å². The summed E-state index contributed by atoms with van der Waals surface area (Å²) in [6.45, 7) is 1.51. The summed E-state index contributed by atoms with van der Waals surface area (Å²) in [5.74, 6) is -0.472. The van der Waals surface area contributed by atoms with Crippen molar-refractivity contribution in [2.24, 2.45) is 0 Å². The van der Waals surface area contributed by atoms with E-state index in [0.717, 1.165) is 6.07 Å². The van der Waals surface area contributed by atoms with Gasteiger partial charge in [0.1, 0.15) is 11.6 Å². The quantitative estimate of drug-likeness (QED) is 0.827. The zero-order valence-corrected chi connectivity index (χ0v) is 12.0. The summed E-state index contributed by atoms with van der Waals surface area (Å²) < 4.78 is 23.1. The lowest BCUT2D eigenvalue weighted by molar-refractivity contribution is 0.0596. The predicted octanol–water partition coefficient (Wildman–Crippen LogP) is 1.36. The van der Waals surface area contributed by atoms with Crippen LogP contribution in [0.2, 0.25) is 0 Å². The van der Waals surface area contributed by atoms with E-state index in [-0.39, 0.29) is 11.5 Å². The average Bonchev–Trinajstić information content (AvgIpc) is 2.53. The van der Waals surface area contributed by atoms with Crippen molar-refractivity contribution in [1.29, 1.82) is 0 Å². The number of benzene rings is 1. The molecule has 1 aliphatic heterocycles. The molecule has 0 radical (unpaired) electrons. The van der Waals surface area contributed by atoms with E-state index in [9.17, 15) is 14.0 Å². The number of carbonyl (C=O) groups is 2. The van der Waals surface area contributed by atoms with Crippen molar-refractivity contribution in [1.82, 2.24) is 9.80 Å². The molecular formula is C14H17FN2O4. The second-order valence-corrected chi connectivity index (χ2v) is 4.59. The van der Waals surface area contributed by atoms with Gasteiger partial charge in [0.2, 0.25) is 0 Å². The van der Waals surface area contributed by atoms with Crippen LogP contribution in [0, 0.1) is 5.82 Å². The number of rotatable bonds is 2. The summed E-state index contributed by atoms with van der Waals surface area (Å²) >= 11 is 0. The van der Waals surface area contributed by atoms with E-state index < -0.39 is 11.9 Å². The molecule has 1 aliphatic rings. The molecule has 0 bridgehead atoms. The van der Waals surface area contributed by atoms with E-state index in [1.807, 2.05) is 0 Å². The van der Waals surface area contributed by atoms with E-state index in [4.69, 9.17) is 4.74 Å². The summed E-state index contributed by atoms with van der Waals surface area (Å²) in [4.78, 5) is 26.9. The zero-order chi connectivity index (χ0) is 15.4. The van der Waals surface area contributed by atoms with E-state index >= 15 is 0 Å².